The Bertz CT molecular complexity index is 593. The molecular formula is C20H26O2. The third-order valence-corrected chi connectivity index (χ3v) is 4.09. The Labute approximate surface area is 134 Å². The van der Waals surface area contributed by atoms with Gasteiger partial charge in [-0.1, -0.05) is 49.8 Å². The molecule has 0 radical (unpaired) electrons. The van der Waals surface area contributed by atoms with Gasteiger partial charge in [-0.25, -0.2) is 0 Å². The molecule has 0 bridgehead atoms. The van der Waals surface area contributed by atoms with E-state index in [1.54, 1.807) is 0 Å². The Morgan fingerprint density at radius 3 is 2.36 bits per heavy atom. The van der Waals surface area contributed by atoms with Gasteiger partial charge in [-0.15, -0.1) is 0 Å². The molecule has 2 heteroatoms. The summed E-state index contributed by atoms with van der Waals surface area (Å²) in [5.74, 6) is 0.259. The zero-order valence-corrected chi connectivity index (χ0v) is 14.3. The number of carbonyl (C=O) groups excluding carboxylic acids is 2. The fraction of sp³-hybridized carbons (Fsp3) is 0.400. The zero-order valence-electron chi connectivity index (χ0n) is 14.3. The molecule has 0 saturated carbocycles. The molecule has 0 fully saturated rings. The zero-order chi connectivity index (χ0) is 16.8. The minimum atomic E-state index is 0.0495. The molecular weight excluding hydrogens is 272 g/mol. The van der Waals surface area contributed by atoms with Crippen LogP contribution in [0.15, 0.2) is 58.7 Å². The van der Waals surface area contributed by atoms with Crippen LogP contribution in [0.25, 0.3) is 0 Å². The predicted molar refractivity (Wildman–Crippen MR) is 92.6 cm³/mol. The lowest BCUT2D eigenvalue weighted by atomic mass is 9.72. The number of hydrogen-bond acceptors (Lipinski definition) is 2. The highest BCUT2D eigenvalue weighted by molar-refractivity contribution is 5.97. The standard InChI is InChI=1S/C20H26O2/c1-15(7-6-8-16(2)12-14-21)9-10-18-17(3)19(22)11-13-20(18,4)5/h6-10,12,14H,11,13H2,1-5H3/b8-6-,10-9?,15-7+,16-12-. The van der Waals surface area contributed by atoms with Crippen molar-refractivity contribution in [3.8, 4) is 0 Å². The second-order valence-corrected chi connectivity index (χ2v) is 6.50. The van der Waals surface area contributed by atoms with Gasteiger partial charge in [-0.3, -0.25) is 9.59 Å². The van der Waals surface area contributed by atoms with Crippen LogP contribution in [-0.2, 0) is 9.59 Å². The summed E-state index contributed by atoms with van der Waals surface area (Å²) in [5, 5.41) is 0. The van der Waals surface area contributed by atoms with Crippen molar-refractivity contribution >= 4 is 12.1 Å². The maximum atomic E-state index is 11.9. The molecule has 0 amide bonds. The summed E-state index contributed by atoms with van der Waals surface area (Å²) in [6, 6.07) is 0. The Kier molecular flexibility index (Phi) is 6.48. The molecule has 0 aromatic carbocycles. The van der Waals surface area contributed by atoms with Gasteiger partial charge in [-0.2, -0.15) is 0 Å². The lowest BCUT2D eigenvalue weighted by molar-refractivity contribution is -0.116. The molecule has 22 heavy (non-hydrogen) atoms. The lowest BCUT2D eigenvalue weighted by Gasteiger charge is -2.32. The number of ketones is 1. The largest absolute Gasteiger partial charge is 0.299 e. The first-order valence-corrected chi connectivity index (χ1v) is 7.67. The van der Waals surface area contributed by atoms with Crippen LogP contribution in [0.5, 0.6) is 0 Å². The van der Waals surface area contributed by atoms with Gasteiger partial charge in [0.15, 0.2) is 5.78 Å². The minimum absolute atomic E-state index is 0.0495. The van der Waals surface area contributed by atoms with Gasteiger partial charge in [-0.05, 0) is 55.4 Å². The fourth-order valence-corrected chi connectivity index (χ4v) is 2.54. The van der Waals surface area contributed by atoms with E-state index in [0.717, 1.165) is 35.0 Å². The van der Waals surface area contributed by atoms with Gasteiger partial charge < -0.3 is 0 Å². The van der Waals surface area contributed by atoms with Gasteiger partial charge >= 0.3 is 0 Å². The Morgan fingerprint density at radius 2 is 1.73 bits per heavy atom. The van der Waals surface area contributed by atoms with E-state index in [-0.39, 0.29) is 11.2 Å². The molecule has 2 nitrogen and oxygen atoms in total. The van der Waals surface area contributed by atoms with Gasteiger partial charge in [0.25, 0.3) is 0 Å². The fourth-order valence-electron chi connectivity index (χ4n) is 2.54. The van der Waals surface area contributed by atoms with Crippen molar-refractivity contribution in [2.24, 2.45) is 5.41 Å². The average Bonchev–Trinajstić information content (AvgIpc) is 2.43. The topological polar surface area (TPSA) is 34.1 Å². The van der Waals surface area contributed by atoms with Crippen LogP contribution in [-0.4, -0.2) is 12.1 Å². The second-order valence-electron chi connectivity index (χ2n) is 6.50. The molecule has 1 aliphatic rings. The van der Waals surface area contributed by atoms with E-state index in [1.165, 1.54) is 6.08 Å². The molecule has 0 aromatic rings. The van der Waals surface area contributed by atoms with Gasteiger partial charge in [0.2, 0.25) is 0 Å². The van der Waals surface area contributed by atoms with Crippen LogP contribution in [0.3, 0.4) is 0 Å². The summed E-state index contributed by atoms with van der Waals surface area (Å²) >= 11 is 0. The van der Waals surface area contributed by atoms with Crippen LogP contribution < -0.4 is 0 Å². The van der Waals surface area contributed by atoms with E-state index in [4.69, 9.17) is 0 Å². The van der Waals surface area contributed by atoms with E-state index in [0.29, 0.717) is 6.42 Å². The van der Waals surface area contributed by atoms with E-state index in [2.05, 4.69) is 19.9 Å². The Balaban J connectivity index is 2.90. The first-order valence-electron chi connectivity index (χ1n) is 7.67. The molecule has 0 unspecified atom stereocenters. The first kappa shape index (κ1) is 18.1. The summed E-state index contributed by atoms with van der Waals surface area (Å²) < 4.78 is 0. The Hall–Kier alpha value is -1.96. The minimum Gasteiger partial charge on any atom is -0.299 e. The van der Waals surface area contributed by atoms with Crippen LogP contribution in [0.4, 0.5) is 0 Å². The smallest absolute Gasteiger partial charge is 0.158 e. The molecule has 0 aliphatic heterocycles. The highest BCUT2D eigenvalue weighted by atomic mass is 16.1. The molecule has 1 rings (SSSR count). The van der Waals surface area contributed by atoms with Crippen molar-refractivity contribution in [2.75, 3.05) is 0 Å². The number of aldehydes is 1. The van der Waals surface area contributed by atoms with Crippen LogP contribution in [0.2, 0.25) is 0 Å². The molecule has 1 aliphatic carbocycles. The summed E-state index contributed by atoms with van der Waals surface area (Å²) in [5.41, 5.74) is 4.09. The summed E-state index contributed by atoms with van der Waals surface area (Å²) in [6.45, 7) is 10.2. The van der Waals surface area contributed by atoms with E-state index in [9.17, 15) is 9.59 Å². The SMILES string of the molecule is CC1=C(C=C/C(C)=C/C=C\C(C)=C/C=O)C(C)(C)CCC1=O. The van der Waals surface area contributed by atoms with Gasteiger partial charge in [0.1, 0.15) is 6.29 Å². The van der Waals surface area contributed by atoms with Crippen molar-refractivity contribution in [2.45, 2.75) is 47.5 Å². The molecule has 118 valence electrons. The van der Waals surface area contributed by atoms with Crippen LogP contribution >= 0.6 is 0 Å². The van der Waals surface area contributed by atoms with Crippen LogP contribution in [0, 0.1) is 5.41 Å². The van der Waals surface area contributed by atoms with E-state index >= 15 is 0 Å². The number of carbonyl (C=O) groups is 2. The summed E-state index contributed by atoms with van der Waals surface area (Å²) in [6.07, 6.45) is 13.8. The summed E-state index contributed by atoms with van der Waals surface area (Å²) in [7, 11) is 0. The van der Waals surface area contributed by atoms with E-state index in [1.807, 2.05) is 45.1 Å². The van der Waals surface area contributed by atoms with Crippen molar-refractivity contribution in [1.82, 2.24) is 0 Å². The van der Waals surface area contributed by atoms with Gasteiger partial charge in [0.05, 0.1) is 0 Å². The highest BCUT2D eigenvalue weighted by Gasteiger charge is 2.30. The molecule has 0 N–H and O–H groups in total. The lowest BCUT2D eigenvalue weighted by Crippen LogP contribution is -2.24. The molecule has 0 heterocycles. The molecule has 0 atom stereocenters. The van der Waals surface area contributed by atoms with Gasteiger partial charge in [0, 0.05) is 6.42 Å². The number of allylic oxidation sites excluding steroid dienone is 10. The molecule has 0 aromatic heterocycles. The predicted octanol–water partition coefficient (Wildman–Crippen LogP) is 4.90. The third kappa shape index (κ3) is 5.10. The quantitative estimate of drug-likeness (QED) is 0.411. The number of Topliss-reactive ketones (excluding diaryl/α,β-unsaturated/α-hetero) is 1. The monoisotopic (exact) mass is 298 g/mol. The molecule has 0 saturated heterocycles. The highest BCUT2D eigenvalue weighted by Crippen LogP contribution is 2.39. The van der Waals surface area contributed by atoms with Crippen LogP contribution in [0.1, 0.15) is 47.5 Å². The summed E-state index contributed by atoms with van der Waals surface area (Å²) in [4.78, 5) is 22.2. The van der Waals surface area contributed by atoms with Crippen molar-refractivity contribution in [3.63, 3.8) is 0 Å². The first-order chi connectivity index (χ1) is 10.3. The third-order valence-electron chi connectivity index (χ3n) is 4.09. The maximum absolute atomic E-state index is 11.9. The number of rotatable bonds is 5. The van der Waals surface area contributed by atoms with Crippen molar-refractivity contribution < 1.29 is 9.59 Å². The van der Waals surface area contributed by atoms with Crippen molar-refractivity contribution in [3.05, 3.63) is 58.7 Å². The normalized spacial score (nSPS) is 20.3. The van der Waals surface area contributed by atoms with E-state index < -0.39 is 0 Å². The second kappa shape index (κ2) is 7.88. The average molecular weight is 298 g/mol. The Morgan fingerprint density at radius 1 is 1.09 bits per heavy atom. The number of hydrogen-bond donors (Lipinski definition) is 0. The molecule has 0 spiro atoms. The van der Waals surface area contributed by atoms with Crippen molar-refractivity contribution in [1.29, 1.82) is 0 Å². The maximum Gasteiger partial charge on any atom is 0.158 e.